The Labute approximate surface area is 227 Å². The van der Waals surface area contributed by atoms with E-state index in [9.17, 15) is 0 Å². The third-order valence-electron chi connectivity index (χ3n) is 6.34. The second-order valence-electron chi connectivity index (χ2n) is 11.5. The Morgan fingerprint density at radius 3 is 1.31 bits per heavy atom. The van der Waals surface area contributed by atoms with E-state index in [1.54, 1.807) is 24.3 Å². The van der Waals surface area contributed by atoms with Crippen molar-refractivity contribution in [3.63, 3.8) is 0 Å². The number of aromatic nitrogens is 4. The Morgan fingerprint density at radius 1 is 0.639 bits per heavy atom. The summed E-state index contributed by atoms with van der Waals surface area (Å²) < 4.78 is 33.0. The van der Waals surface area contributed by atoms with Gasteiger partial charge in [0.05, 0.1) is 23.5 Å². The summed E-state index contributed by atoms with van der Waals surface area (Å²) in [5.41, 5.74) is 1.28. The predicted octanol–water partition coefficient (Wildman–Crippen LogP) is 6.85. The molecule has 7 heteroatoms. The summed E-state index contributed by atoms with van der Waals surface area (Å²) in [4.78, 5) is 9.53. The normalized spacial score (nSPS) is 12.5. The van der Waals surface area contributed by atoms with Crippen molar-refractivity contribution in [3.8, 4) is 11.6 Å². The molecule has 36 heavy (non-hydrogen) atoms. The molecule has 0 fully saturated rings. The quantitative estimate of drug-likeness (QED) is 0.223. The fraction of sp³-hybridized carbons (Fsp3) is 0.379. The molecule has 0 N–H and O–H groups in total. The number of nitrogens with zero attached hydrogens (tertiary/aromatic N) is 4. The Morgan fingerprint density at radius 2 is 1.00 bits per heavy atom. The molecule has 0 aromatic carbocycles. The van der Waals surface area contributed by atoms with E-state index >= 15 is 8.78 Å². The Kier molecular flexibility index (Phi) is 7.54. The van der Waals surface area contributed by atoms with Crippen LogP contribution in [0.25, 0.3) is 11.6 Å². The Balaban J connectivity index is 0.00000361. The third-order valence-corrected chi connectivity index (χ3v) is 6.34. The summed E-state index contributed by atoms with van der Waals surface area (Å²) in [6.07, 6.45) is 5.96. The topological polar surface area (TPSA) is 35.6 Å². The molecule has 0 saturated carbocycles. The van der Waals surface area contributed by atoms with Crippen LogP contribution in [0.1, 0.15) is 77.9 Å². The Hall–Kier alpha value is -2.59. The summed E-state index contributed by atoms with van der Waals surface area (Å²) >= 11 is 0. The fourth-order valence-corrected chi connectivity index (χ4v) is 4.04. The van der Waals surface area contributed by atoms with E-state index < -0.39 is 5.41 Å². The van der Waals surface area contributed by atoms with Crippen molar-refractivity contribution < 1.29 is 29.8 Å². The first-order chi connectivity index (χ1) is 16.2. The number of hydrogen-bond acceptors (Lipinski definition) is 2. The number of rotatable bonds is 4. The van der Waals surface area contributed by atoms with Gasteiger partial charge in [-0.3, -0.25) is 18.7 Å². The van der Waals surface area contributed by atoms with Gasteiger partial charge in [-0.25, -0.2) is 0 Å². The maximum absolute atomic E-state index is 15.2. The molecule has 0 aliphatic heterocycles. The monoisotopic (exact) mass is 669 g/mol. The first-order valence-electron chi connectivity index (χ1n) is 11.8. The molecule has 192 valence electrons. The van der Waals surface area contributed by atoms with Crippen molar-refractivity contribution in [1.29, 1.82) is 0 Å². The molecule has 0 unspecified atom stereocenters. The van der Waals surface area contributed by atoms with E-state index in [2.05, 4.69) is 12.4 Å². The van der Waals surface area contributed by atoms with E-state index in [1.165, 1.54) is 9.13 Å². The van der Waals surface area contributed by atoms with Gasteiger partial charge >= 0.3 is 21.1 Å². The second kappa shape index (κ2) is 9.70. The third kappa shape index (κ3) is 5.11. The van der Waals surface area contributed by atoms with Crippen LogP contribution in [0.4, 0.5) is 8.78 Å². The second-order valence-corrected chi connectivity index (χ2v) is 11.5. The van der Waals surface area contributed by atoms with E-state index in [4.69, 9.17) is 9.97 Å². The zero-order chi connectivity index (χ0) is 25.8. The molecule has 0 atom stereocenters. The summed E-state index contributed by atoms with van der Waals surface area (Å²) in [6, 6.07) is 14.3. The Bertz CT molecular complexity index is 1270. The van der Waals surface area contributed by atoms with Crippen LogP contribution in [0.2, 0.25) is 0 Å². The van der Waals surface area contributed by atoms with Gasteiger partial charge in [0.15, 0.2) is 0 Å². The molecule has 4 heterocycles. The van der Waals surface area contributed by atoms with Crippen molar-refractivity contribution in [2.45, 2.75) is 71.6 Å². The van der Waals surface area contributed by atoms with E-state index in [-0.39, 0.29) is 43.8 Å². The molecule has 0 radical (unpaired) electrons. The minimum absolute atomic E-state index is 0. The maximum Gasteiger partial charge on any atom is 2.00 e. The van der Waals surface area contributed by atoms with Gasteiger partial charge in [-0.15, -0.1) is 23.3 Å². The van der Waals surface area contributed by atoms with Gasteiger partial charge in [0.2, 0.25) is 0 Å². The zero-order valence-corrected chi connectivity index (χ0v) is 24.3. The van der Waals surface area contributed by atoms with Crippen LogP contribution in [-0.4, -0.2) is 19.1 Å². The molecule has 4 nitrogen and oxygen atoms in total. The molecule has 4 rings (SSSR count). The molecular formula is C29H32F2N4Pt. The molecule has 0 aliphatic rings. The summed E-state index contributed by atoms with van der Waals surface area (Å²) in [5, 5.41) is 0. The van der Waals surface area contributed by atoms with Crippen LogP contribution < -0.4 is 0 Å². The largest absolute Gasteiger partial charge is 2.00 e. The van der Waals surface area contributed by atoms with Gasteiger partial charge in [-0.1, -0.05) is 89.0 Å². The summed E-state index contributed by atoms with van der Waals surface area (Å²) in [6.45, 7) is 15.8. The van der Waals surface area contributed by atoms with Gasteiger partial charge in [-0.2, -0.15) is 0 Å². The van der Waals surface area contributed by atoms with Gasteiger partial charge in [0, 0.05) is 16.8 Å². The number of hydrogen-bond donors (Lipinski definition) is 0. The smallest absolute Gasteiger partial charge is 0.406 e. The van der Waals surface area contributed by atoms with E-state index in [0.717, 1.165) is 0 Å². The average molecular weight is 670 g/mol. The van der Waals surface area contributed by atoms with Crippen molar-refractivity contribution in [1.82, 2.24) is 19.1 Å². The van der Waals surface area contributed by atoms with Gasteiger partial charge in [0.1, 0.15) is 0 Å². The minimum Gasteiger partial charge on any atom is -0.406 e. The minimum atomic E-state index is -0.626. The van der Waals surface area contributed by atoms with Crippen molar-refractivity contribution in [2.24, 2.45) is 0 Å². The van der Waals surface area contributed by atoms with Crippen molar-refractivity contribution in [3.05, 3.63) is 95.3 Å². The first-order valence-corrected chi connectivity index (χ1v) is 11.8. The first kappa shape index (κ1) is 28.0. The van der Waals surface area contributed by atoms with Gasteiger partial charge in [0.25, 0.3) is 0 Å². The van der Waals surface area contributed by atoms with Crippen molar-refractivity contribution >= 4 is 0 Å². The fourth-order valence-electron chi connectivity index (χ4n) is 4.04. The van der Waals surface area contributed by atoms with Crippen LogP contribution in [0.3, 0.4) is 0 Å². The van der Waals surface area contributed by atoms with Crippen LogP contribution in [-0.2, 0) is 37.3 Å². The molecule has 4 aromatic rings. The molecule has 0 amide bonds. The maximum atomic E-state index is 15.2. The van der Waals surface area contributed by atoms with Crippen LogP contribution in [0.5, 0.6) is 0 Å². The van der Waals surface area contributed by atoms with Crippen LogP contribution >= 0.6 is 0 Å². The standard InChI is InChI=1S/C29H32F2N4.Pt/c1-27(2,3)19-15-17-34(25(19)30)23-13-9-11-21(32-23)29(7,8)22-12-10-14-24(33-22)35-18-16-20(26(35)31)28(4,5)6;/h9-16H,1-8H3;/q-2;+2. The average Bonchev–Trinajstić information content (AvgIpc) is 3.36. The van der Waals surface area contributed by atoms with E-state index in [1.807, 2.05) is 79.7 Å². The molecule has 0 saturated heterocycles. The van der Waals surface area contributed by atoms with Crippen molar-refractivity contribution in [2.75, 3.05) is 0 Å². The molecule has 0 bridgehead atoms. The SMILES string of the molecule is CC(C)(C)c1c[c-]n(-c2cccc(C(C)(C)c3cccc(-n4[c-]cc(C(C)(C)C)c4F)n3)n2)c1F.[Pt+2]. The molecular weight excluding hydrogens is 637 g/mol. The molecule has 4 aromatic heterocycles. The predicted molar refractivity (Wildman–Crippen MR) is 134 cm³/mol. The summed E-state index contributed by atoms with van der Waals surface area (Å²) in [5.74, 6) is 0.153. The number of halogens is 2. The van der Waals surface area contributed by atoms with Crippen LogP contribution in [0.15, 0.2) is 48.5 Å². The zero-order valence-electron chi connectivity index (χ0n) is 22.0. The van der Waals surface area contributed by atoms with E-state index in [0.29, 0.717) is 34.2 Å². The number of pyridine rings is 2. The van der Waals surface area contributed by atoms with Crippen LogP contribution in [0, 0.1) is 24.3 Å². The van der Waals surface area contributed by atoms with Gasteiger partial charge < -0.3 is 9.13 Å². The molecule has 0 aliphatic carbocycles. The van der Waals surface area contributed by atoms with Gasteiger partial charge in [-0.05, 0) is 26.0 Å². The molecule has 0 spiro atoms. The summed E-state index contributed by atoms with van der Waals surface area (Å²) in [7, 11) is 0.